The molecule has 6 rings (SSSR count). The normalized spacial score (nSPS) is 11.8. The quantitative estimate of drug-likeness (QED) is 0.192. The van der Waals surface area contributed by atoms with Crippen molar-refractivity contribution in [2.45, 2.75) is 45.6 Å². The van der Waals surface area contributed by atoms with Crippen LogP contribution in [0.2, 0.25) is 0 Å². The summed E-state index contributed by atoms with van der Waals surface area (Å²) in [5, 5.41) is 2.48. The number of rotatable bonds is 7. The summed E-state index contributed by atoms with van der Waals surface area (Å²) in [5.41, 5.74) is 8.11. The minimum Gasteiger partial charge on any atom is -0.331 e. The van der Waals surface area contributed by atoms with E-state index in [9.17, 15) is 0 Å². The standard InChI is InChI=1S/C41H40N2/c1-40(2,3)32-23-25-33(26-24-32)41(4,5)43(39-22-14-16-31-15-12-13-21-38(31)39)37-29-27-36(28-30-37)42(34-17-8-6-9-18-34)35-19-10-7-11-20-35/h6-30H,1-5H3. The van der Waals surface area contributed by atoms with Crippen LogP contribution in [0.15, 0.2) is 152 Å². The topological polar surface area (TPSA) is 6.48 Å². The summed E-state index contributed by atoms with van der Waals surface area (Å²) in [6.07, 6.45) is 0. The van der Waals surface area contributed by atoms with Crippen LogP contribution < -0.4 is 9.80 Å². The van der Waals surface area contributed by atoms with Crippen LogP contribution in [0.25, 0.3) is 10.8 Å². The second-order valence-corrected chi connectivity index (χ2v) is 12.7. The number of hydrogen-bond donors (Lipinski definition) is 0. The monoisotopic (exact) mass is 560 g/mol. The van der Waals surface area contributed by atoms with Gasteiger partial charge in [-0.15, -0.1) is 0 Å². The third-order valence-electron chi connectivity index (χ3n) is 8.42. The lowest BCUT2D eigenvalue weighted by Gasteiger charge is -2.42. The molecule has 0 atom stereocenters. The fourth-order valence-corrected chi connectivity index (χ4v) is 6.03. The van der Waals surface area contributed by atoms with E-state index in [1.807, 2.05) is 0 Å². The Balaban J connectivity index is 1.48. The molecule has 0 fully saturated rings. The molecule has 0 aliphatic heterocycles. The van der Waals surface area contributed by atoms with Crippen LogP contribution in [0, 0.1) is 0 Å². The van der Waals surface area contributed by atoms with Gasteiger partial charge in [0.15, 0.2) is 0 Å². The van der Waals surface area contributed by atoms with Gasteiger partial charge in [0.25, 0.3) is 0 Å². The molecule has 0 saturated heterocycles. The van der Waals surface area contributed by atoms with Crippen LogP contribution in [0.3, 0.4) is 0 Å². The fourth-order valence-electron chi connectivity index (χ4n) is 6.03. The maximum atomic E-state index is 2.50. The second kappa shape index (κ2) is 11.5. The molecule has 214 valence electrons. The number of benzene rings is 6. The first-order valence-corrected chi connectivity index (χ1v) is 15.1. The van der Waals surface area contributed by atoms with E-state index in [2.05, 4.69) is 196 Å². The van der Waals surface area contributed by atoms with Crippen molar-refractivity contribution in [3.05, 3.63) is 163 Å². The Morgan fingerprint density at radius 3 is 1.44 bits per heavy atom. The summed E-state index contributed by atoms with van der Waals surface area (Å²) in [6.45, 7) is 11.5. The number of anilines is 5. The first-order chi connectivity index (χ1) is 20.7. The van der Waals surface area contributed by atoms with E-state index in [1.165, 1.54) is 27.6 Å². The van der Waals surface area contributed by atoms with Crippen LogP contribution in [0.1, 0.15) is 45.7 Å². The van der Waals surface area contributed by atoms with Gasteiger partial charge in [0.2, 0.25) is 0 Å². The van der Waals surface area contributed by atoms with Gasteiger partial charge >= 0.3 is 0 Å². The lowest BCUT2D eigenvalue weighted by Crippen LogP contribution is -2.38. The highest BCUT2D eigenvalue weighted by Gasteiger charge is 2.32. The molecule has 2 heteroatoms. The Labute approximate surface area is 256 Å². The Morgan fingerprint density at radius 2 is 0.860 bits per heavy atom. The molecule has 0 bridgehead atoms. The minimum absolute atomic E-state index is 0.108. The molecular weight excluding hydrogens is 520 g/mol. The summed E-state index contributed by atoms with van der Waals surface area (Å²) in [4.78, 5) is 4.81. The molecule has 0 aliphatic carbocycles. The Bertz CT molecular complexity index is 1750. The van der Waals surface area contributed by atoms with Gasteiger partial charge in [-0.3, -0.25) is 0 Å². The van der Waals surface area contributed by atoms with E-state index in [0.717, 1.165) is 22.7 Å². The van der Waals surface area contributed by atoms with Crippen molar-refractivity contribution in [1.29, 1.82) is 0 Å². The van der Waals surface area contributed by atoms with Gasteiger partial charge in [-0.2, -0.15) is 0 Å². The summed E-state index contributed by atoms with van der Waals surface area (Å²) in [5.74, 6) is 0. The smallest absolute Gasteiger partial charge is 0.0646 e. The predicted octanol–water partition coefficient (Wildman–Crippen LogP) is 11.7. The van der Waals surface area contributed by atoms with Crippen LogP contribution in [0.4, 0.5) is 28.4 Å². The summed E-state index contributed by atoms with van der Waals surface area (Å²) in [6, 6.07) is 54.6. The third kappa shape index (κ3) is 5.66. The predicted molar refractivity (Wildman–Crippen MR) is 185 cm³/mol. The largest absolute Gasteiger partial charge is 0.331 e. The maximum absolute atomic E-state index is 2.50. The molecule has 6 aromatic carbocycles. The molecule has 0 aromatic heterocycles. The lowest BCUT2D eigenvalue weighted by atomic mass is 9.83. The zero-order chi connectivity index (χ0) is 30.0. The van der Waals surface area contributed by atoms with Crippen molar-refractivity contribution >= 4 is 39.2 Å². The number of nitrogens with zero attached hydrogens (tertiary/aromatic N) is 2. The van der Waals surface area contributed by atoms with Crippen LogP contribution in [-0.2, 0) is 11.0 Å². The highest BCUT2D eigenvalue weighted by atomic mass is 15.2. The van der Waals surface area contributed by atoms with E-state index < -0.39 is 0 Å². The maximum Gasteiger partial charge on any atom is 0.0646 e. The molecule has 0 radical (unpaired) electrons. The van der Waals surface area contributed by atoms with Crippen molar-refractivity contribution < 1.29 is 0 Å². The zero-order valence-electron chi connectivity index (χ0n) is 25.8. The van der Waals surface area contributed by atoms with Crippen molar-refractivity contribution in [1.82, 2.24) is 0 Å². The van der Waals surface area contributed by atoms with Crippen molar-refractivity contribution in [2.75, 3.05) is 9.80 Å². The molecule has 0 amide bonds. The molecular formula is C41H40N2. The molecule has 0 heterocycles. The average Bonchev–Trinajstić information content (AvgIpc) is 3.03. The highest BCUT2D eigenvalue weighted by molar-refractivity contribution is 5.96. The van der Waals surface area contributed by atoms with Gasteiger partial charge in [0, 0.05) is 33.8 Å². The Hall–Kier alpha value is -4.82. The molecule has 6 aromatic rings. The van der Waals surface area contributed by atoms with Crippen molar-refractivity contribution in [3.8, 4) is 0 Å². The van der Waals surface area contributed by atoms with Crippen LogP contribution in [-0.4, -0.2) is 0 Å². The fraction of sp³-hybridized carbons (Fsp3) is 0.171. The Kier molecular flexibility index (Phi) is 7.54. The van der Waals surface area contributed by atoms with Crippen molar-refractivity contribution in [2.24, 2.45) is 0 Å². The van der Waals surface area contributed by atoms with Gasteiger partial charge in [0.1, 0.15) is 0 Å². The molecule has 0 aliphatic rings. The molecule has 0 N–H and O–H groups in total. The SMILES string of the molecule is CC(C)(C)c1ccc(C(C)(C)N(c2ccc(N(c3ccccc3)c3ccccc3)cc2)c2cccc3ccccc23)cc1. The number of para-hydroxylation sites is 2. The minimum atomic E-state index is -0.333. The van der Waals surface area contributed by atoms with Gasteiger partial charge in [0.05, 0.1) is 5.54 Å². The van der Waals surface area contributed by atoms with E-state index in [-0.39, 0.29) is 11.0 Å². The first kappa shape index (κ1) is 28.3. The van der Waals surface area contributed by atoms with E-state index >= 15 is 0 Å². The highest BCUT2D eigenvalue weighted by Crippen LogP contribution is 2.44. The van der Waals surface area contributed by atoms with Gasteiger partial charge in [-0.25, -0.2) is 0 Å². The van der Waals surface area contributed by atoms with Gasteiger partial charge < -0.3 is 9.80 Å². The van der Waals surface area contributed by atoms with Gasteiger partial charge in [-0.05, 0) is 90.4 Å². The van der Waals surface area contributed by atoms with E-state index in [4.69, 9.17) is 0 Å². The molecule has 0 spiro atoms. The van der Waals surface area contributed by atoms with E-state index in [0.29, 0.717) is 0 Å². The average molecular weight is 561 g/mol. The summed E-state index contributed by atoms with van der Waals surface area (Å²) in [7, 11) is 0. The third-order valence-corrected chi connectivity index (χ3v) is 8.42. The lowest BCUT2D eigenvalue weighted by molar-refractivity contribution is 0.534. The first-order valence-electron chi connectivity index (χ1n) is 15.1. The zero-order valence-corrected chi connectivity index (χ0v) is 25.8. The van der Waals surface area contributed by atoms with Crippen LogP contribution >= 0.6 is 0 Å². The van der Waals surface area contributed by atoms with E-state index in [1.54, 1.807) is 0 Å². The Morgan fingerprint density at radius 1 is 0.395 bits per heavy atom. The molecule has 2 nitrogen and oxygen atoms in total. The number of hydrogen-bond acceptors (Lipinski definition) is 2. The molecule has 0 saturated carbocycles. The summed E-state index contributed by atoms with van der Waals surface area (Å²) >= 11 is 0. The second-order valence-electron chi connectivity index (χ2n) is 12.7. The number of fused-ring (bicyclic) bond motifs is 1. The molecule has 43 heavy (non-hydrogen) atoms. The summed E-state index contributed by atoms with van der Waals surface area (Å²) < 4.78 is 0. The van der Waals surface area contributed by atoms with Crippen LogP contribution in [0.5, 0.6) is 0 Å². The molecule has 0 unspecified atom stereocenters. The van der Waals surface area contributed by atoms with Crippen molar-refractivity contribution in [3.63, 3.8) is 0 Å². The van der Waals surface area contributed by atoms with Gasteiger partial charge in [-0.1, -0.05) is 118 Å².